The van der Waals surface area contributed by atoms with Crippen molar-refractivity contribution in [1.29, 1.82) is 0 Å². The van der Waals surface area contributed by atoms with E-state index in [1.54, 1.807) is 6.92 Å². The number of nitrogens with one attached hydrogen (secondary N) is 1. The number of carbonyl (C=O) groups excluding carboxylic acids is 1. The van der Waals surface area contributed by atoms with E-state index in [1.165, 1.54) is 0 Å². The van der Waals surface area contributed by atoms with Crippen molar-refractivity contribution in [1.82, 2.24) is 14.9 Å². The maximum atomic E-state index is 11.5. The molecule has 0 saturated heterocycles. The van der Waals surface area contributed by atoms with Crippen LogP contribution in [0.15, 0.2) is 0 Å². The maximum absolute atomic E-state index is 11.5. The molecule has 0 saturated carbocycles. The molecule has 0 aliphatic rings. The number of nitrogens with zero attached hydrogens (tertiary/aromatic N) is 2. The van der Waals surface area contributed by atoms with Gasteiger partial charge in [-0.25, -0.2) is 0 Å². The van der Waals surface area contributed by atoms with E-state index < -0.39 is 0 Å². The van der Waals surface area contributed by atoms with Gasteiger partial charge in [0.05, 0.1) is 25.5 Å². The van der Waals surface area contributed by atoms with Gasteiger partial charge in [-0.2, -0.15) is 0 Å². The minimum absolute atomic E-state index is 0.00812. The van der Waals surface area contributed by atoms with Crippen molar-refractivity contribution in [2.75, 3.05) is 26.4 Å². The second-order valence-electron chi connectivity index (χ2n) is 2.78. The highest BCUT2D eigenvalue weighted by molar-refractivity contribution is 7.07. The predicted molar refractivity (Wildman–Crippen MR) is 54.9 cm³/mol. The number of aryl methyl sites for hydroxylation is 1. The monoisotopic (exact) mass is 231 g/mol. The lowest BCUT2D eigenvalue weighted by atomic mass is 10.4. The van der Waals surface area contributed by atoms with E-state index in [0.717, 1.165) is 11.5 Å². The van der Waals surface area contributed by atoms with Crippen molar-refractivity contribution in [3.63, 3.8) is 0 Å². The number of rotatable bonds is 6. The van der Waals surface area contributed by atoms with Crippen molar-refractivity contribution < 1.29 is 14.6 Å². The van der Waals surface area contributed by atoms with Crippen LogP contribution < -0.4 is 5.32 Å². The first-order chi connectivity index (χ1) is 7.25. The second-order valence-corrected chi connectivity index (χ2v) is 3.53. The maximum Gasteiger partial charge on any atom is 0.265 e. The quantitative estimate of drug-likeness (QED) is 0.650. The number of aromatic nitrogens is 2. The van der Waals surface area contributed by atoms with Crippen LogP contribution in [0.4, 0.5) is 0 Å². The SMILES string of the molecule is Cc1nnsc1C(=O)NCCOCCO. The molecule has 0 unspecified atom stereocenters. The van der Waals surface area contributed by atoms with Gasteiger partial charge < -0.3 is 15.2 Å². The molecule has 0 aliphatic heterocycles. The molecule has 0 aromatic carbocycles. The molecule has 0 atom stereocenters. The van der Waals surface area contributed by atoms with Gasteiger partial charge in [0, 0.05) is 6.54 Å². The molecule has 15 heavy (non-hydrogen) atoms. The molecule has 0 radical (unpaired) electrons. The average molecular weight is 231 g/mol. The number of aliphatic hydroxyl groups is 1. The van der Waals surface area contributed by atoms with Crippen molar-refractivity contribution in [2.24, 2.45) is 0 Å². The first-order valence-corrected chi connectivity index (χ1v) is 5.28. The zero-order valence-corrected chi connectivity index (χ0v) is 9.21. The second kappa shape index (κ2) is 6.44. The van der Waals surface area contributed by atoms with Crippen LogP contribution in [0.25, 0.3) is 0 Å². The summed E-state index contributed by atoms with van der Waals surface area (Å²) < 4.78 is 8.66. The first-order valence-electron chi connectivity index (χ1n) is 4.51. The molecule has 7 heteroatoms. The Morgan fingerprint density at radius 1 is 1.60 bits per heavy atom. The molecule has 84 valence electrons. The van der Waals surface area contributed by atoms with Crippen LogP contribution in [0.2, 0.25) is 0 Å². The summed E-state index contributed by atoms with van der Waals surface area (Å²) >= 11 is 1.07. The molecule has 1 amide bonds. The topological polar surface area (TPSA) is 84.3 Å². The summed E-state index contributed by atoms with van der Waals surface area (Å²) in [5.41, 5.74) is 0.633. The van der Waals surface area contributed by atoms with Crippen LogP contribution in [0.3, 0.4) is 0 Å². The van der Waals surface area contributed by atoms with Crippen LogP contribution in [0.5, 0.6) is 0 Å². The van der Waals surface area contributed by atoms with Gasteiger partial charge in [0.25, 0.3) is 5.91 Å². The molecule has 6 nitrogen and oxygen atoms in total. The molecular weight excluding hydrogens is 218 g/mol. The van der Waals surface area contributed by atoms with Crippen LogP contribution in [0, 0.1) is 6.92 Å². The van der Waals surface area contributed by atoms with Crippen molar-refractivity contribution in [2.45, 2.75) is 6.92 Å². The third kappa shape index (κ3) is 3.90. The van der Waals surface area contributed by atoms with Crippen LogP contribution in [0.1, 0.15) is 15.4 Å². The van der Waals surface area contributed by atoms with Crippen molar-refractivity contribution >= 4 is 17.4 Å². The number of ether oxygens (including phenoxy) is 1. The van der Waals surface area contributed by atoms with E-state index in [4.69, 9.17) is 9.84 Å². The molecule has 1 heterocycles. The minimum atomic E-state index is -0.185. The lowest BCUT2D eigenvalue weighted by Gasteiger charge is -2.03. The third-order valence-electron chi connectivity index (χ3n) is 1.63. The van der Waals surface area contributed by atoms with Crippen LogP contribution in [-0.2, 0) is 4.74 Å². The summed E-state index contributed by atoms with van der Waals surface area (Å²) in [6.07, 6.45) is 0. The Balaban J connectivity index is 2.22. The molecule has 0 fully saturated rings. The Morgan fingerprint density at radius 2 is 2.40 bits per heavy atom. The Hall–Kier alpha value is -1.05. The molecule has 2 N–H and O–H groups in total. The van der Waals surface area contributed by atoms with Gasteiger partial charge in [-0.3, -0.25) is 4.79 Å². The highest BCUT2D eigenvalue weighted by atomic mass is 32.1. The third-order valence-corrected chi connectivity index (χ3v) is 2.45. The van der Waals surface area contributed by atoms with Gasteiger partial charge in [-0.15, -0.1) is 5.10 Å². The van der Waals surface area contributed by atoms with Crippen LogP contribution in [-0.4, -0.2) is 47.0 Å². The number of hydrogen-bond acceptors (Lipinski definition) is 6. The van der Waals surface area contributed by atoms with E-state index in [9.17, 15) is 4.79 Å². The van der Waals surface area contributed by atoms with E-state index in [1.807, 2.05) is 0 Å². The number of aliphatic hydroxyl groups excluding tert-OH is 1. The smallest absolute Gasteiger partial charge is 0.265 e. The van der Waals surface area contributed by atoms with Gasteiger partial charge >= 0.3 is 0 Å². The number of carbonyl (C=O) groups is 1. The molecule has 1 rings (SSSR count). The predicted octanol–water partition coefficient (Wildman–Crippen LogP) is -0.415. The molecule has 0 spiro atoms. The summed E-state index contributed by atoms with van der Waals surface area (Å²) in [5.74, 6) is -0.185. The fourth-order valence-corrected chi connectivity index (χ4v) is 1.50. The highest BCUT2D eigenvalue weighted by Crippen LogP contribution is 2.07. The summed E-state index contributed by atoms with van der Waals surface area (Å²) in [4.78, 5) is 12.0. The molecule has 1 aromatic rings. The summed E-state index contributed by atoms with van der Waals surface area (Å²) in [6.45, 7) is 2.82. The van der Waals surface area contributed by atoms with E-state index in [0.29, 0.717) is 23.7 Å². The van der Waals surface area contributed by atoms with Gasteiger partial charge in [-0.1, -0.05) is 4.49 Å². The van der Waals surface area contributed by atoms with Gasteiger partial charge in [-0.05, 0) is 18.5 Å². The zero-order valence-electron chi connectivity index (χ0n) is 8.39. The van der Waals surface area contributed by atoms with Gasteiger partial charge in [0.2, 0.25) is 0 Å². The average Bonchev–Trinajstić information content (AvgIpc) is 2.64. The zero-order chi connectivity index (χ0) is 11.1. The normalized spacial score (nSPS) is 10.3. The minimum Gasteiger partial charge on any atom is -0.394 e. The number of amides is 1. The summed E-state index contributed by atoms with van der Waals surface area (Å²) in [6, 6.07) is 0. The lowest BCUT2D eigenvalue weighted by Crippen LogP contribution is -2.27. The Morgan fingerprint density at radius 3 is 3.00 bits per heavy atom. The van der Waals surface area contributed by atoms with Crippen molar-refractivity contribution in [3.8, 4) is 0 Å². The Kier molecular flexibility index (Phi) is 5.16. The highest BCUT2D eigenvalue weighted by Gasteiger charge is 2.11. The first kappa shape index (κ1) is 12.0. The van der Waals surface area contributed by atoms with Crippen molar-refractivity contribution in [3.05, 3.63) is 10.6 Å². The molecule has 0 aliphatic carbocycles. The molecule has 0 bridgehead atoms. The summed E-state index contributed by atoms with van der Waals surface area (Å²) in [7, 11) is 0. The largest absolute Gasteiger partial charge is 0.394 e. The lowest BCUT2D eigenvalue weighted by molar-refractivity contribution is 0.0840. The van der Waals surface area contributed by atoms with Crippen LogP contribution >= 0.6 is 11.5 Å². The fraction of sp³-hybridized carbons (Fsp3) is 0.625. The summed E-state index contributed by atoms with van der Waals surface area (Å²) in [5, 5.41) is 14.8. The standard InChI is InChI=1S/C8H13N3O3S/c1-6-7(15-11-10-6)8(13)9-2-4-14-5-3-12/h12H,2-5H2,1H3,(H,9,13). The molecular formula is C8H13N3O3S. The van der Waals surface area contributed by atoms with Gasteiger partial charge in [0.1, 0.15) is 4.88 Å². The number of hydrogen-bond donors (Lipinski definition) is 2. The van der Waals surface area contributed by atoms with E-state index >= 15 is 0 Å². The molecule has 1 aromatic heterocycles. The Labute approximate surface area is 91.4 Å². The van der Waals surface area contributed by atoms with E-state index in [-0.39, 0.29) is 19.1 Å². The fourth-order valence-electron chi connectivity index (χ4n) is 0.923. The van der Waals surface area contributed by atoms with E-state index in [2.05, 4.69) is 14.9 Å². The Bertz CT molecular complexity index is 316. The van der Waals surface area contributed by atoms with Gasteiger partial charge in [0.15, 0.2) is 0 Å².